The van der Waals surface area contributed by atoms with Crippen LogP contribution in [0.15, 0.2) is 0 Å². The number of rotatable bonds is 6. The van der Waals surface area contributed by atoms with Gasteiger partial charge >= 0.3 is 5.97 Å². The van der Waals surface area contributed by atoms with Crippen LogP contribution in [0.25, 0.3) is 0 Å². The fraction of sp³-hybridized carbons (Fsp3) is 0.966. The Kier molecular flexibility index (Phi) is 7.52. The van der Waals surface area contributed by atoms with Crippen LogP contribution >= 0.6 is 23.2 Å². The Bertz CT molecular complexity index is 724. The van der Waals surface area contributed by atoms with Crippen LogP contribution in [-0.4, -0.2) is 22.3 Å². The highest BCUT2D eigenvalue weighted by molar-refractivity contribution is 6.33. The highest BCUT2D eigenvalue weighted by Crippen LogP contribution is 2.71. The van der Waals surface area contributed by atoms with Gasteiger partial charge in [-0.05, 0) is 91.3 Å². The number of ether oxygens (including phenoxy) is 1. The zero-order chi connectivity index (χ0) is 24.2. The first-order chi connectivity index (χ1) is 15.4. The van der Waals surface area contributed by atoms with E-state index in [1.54, 1.807) is 0 Å². The third-order valence-electron chi connectivity index (χ3n) is 11.2. The number of carbonyl (C=O) groups is 1. The lowest BCUT2D eigenvalue weighted by molar-refractivity contribution is -0.156. The summed E-state index contributed by atoms with van der Waals surface area (Å²) < 4.78 is 5.63. The molecule has 33 heavy (non-hydrogen) atoms. The van der Waals surface area contributed by atoms with Crippen molar-refractivity contribution in [2.45, 2.75) is 129 Å². The minimum absolute atomic E-state index is 0.0306. The predicted molar refractivity (Wildman–Crippen MR) is 139 cm³/mol. The molecule has 0 aliphatic heterocycles. The molecule has 10 atom stereocenters. The molecule has 0 aromatic rings. The Labute approximate surface area is 213 Å². The fourth-order valence-electron chi connectivity index (χ4n) is 9.51. The summed E-state index contributed by atoms with van der Waals surface area (Å²) in [4.78, 5) is 11.1. The van der Waals surface area contributed by atoms with E-state index in [0.717, 1.165) is 42.9 Å². The SMILES string of the molecule is CC(=O)OC1CCC2(C)C3CCC4(C)C(C(C)CCCC(C)C)CCC4C3CC(Cl)C2(Cl)C1. The Morgan fingerprint density at radius 1 is 1.03 bits per heavy atom. The molecule has 0 amide bonds. The molecule has 4 saturated carbocycles. The van der Waals surface area contributed by atoms with Gasteiger partial charge in [-0.25, -0.2) is 0 Å². The summed E-state index contributed by atoms with van der Waals surface area (Å²) in [5.41, 5.74) is 0.496. The first kappa shape index (κ1) is 26.1. The standard InChI is InChI=1S/C29H48Cl2O2/c1-18(2)8-7-9-19(3)23-10-11-24-22-16-26(30)29(31)17-21(33-20(4)32)12-15-28(29,6)25(22)13-14-27(23,24)5/h18-19,21-26H,7-17H2,1-6H3. The quantitative estimate of drug-likeness (QED) is 0.270. The molecule has 10 unspecified atom stereocenters. The van der Waals surface area contributed by atoms with Gasteiger partial charge in [0.05, 0.1) is 10.3 Å². The van der Waals surface area contributed by atoms with Gasteiger partial charge in [0.25, 0.3) is 0 Å². The maximum Gasteiger partial charge on any atom is 0.302 e. The van der Waals surface area contributed by atoms with Crippen LogP contribution in [0.5, 0.6) is 0 Å². The van der Waals surface area contributed by atoms with Gasteiger partial charge in [-0.2, -0.15) is 0 Å². The molecule has 0 N–H and O–H groups in total. The highest BCUT2D eigenvalue weighted by Gasteiger charge is 2.67. The second kappa shape index (κ2) is 9.49. The van der Waals surface area contributed by atoms with Gasteiger partial charge in [0.15, 0.2) is 0 Å². The molecule has 4 rings (SSSR count). The summed E-state index contributed by atoms with van der Waals surface area (Å²) in [7, 11) is 0. The molecule has 0 heterocycles. The van der Waals surface area contributed by atoms with Gasteiger partial charge in [-0.1, -0.05) is 53.9 Å². The van der Waals surface area contributed by atoms with Crippen LogP contribution in [0.3, 0.4) is 0 Å². The molecule has 0 spiro atoms. The van der Waals surface area contributed by atoms with E-state index in [1.807, 2.05) is 0 Å². The number of halogens is 2. The van der Waals surface area contributed by atoms with E-state index in [1.165, 1.54) is 51.9 Å². The van der Waals surface area contributed by atoms with Crippen LogP contribution < -0.4 is 0 Å². The van der Waals surface area contributed by atoms with E-state index in [0.29, 0.717) is 23.7 Å². The molecule has 0 radical (unpaired) electrons. The summed E-state index contributed by atoms with van der Waals surface area (Å²) in [5, 5.41) is -0.0476. The van der Waals surface area contributed by atoms with Gasteiger partial charge in [0.2, 0.25) is 0 Å². The second-order valence-electron chi connectivity index (χ2n) is 13.4. The average molecular weight is 500 g/mol. The molecule has 0 aromatic heterocycles. The van der Waals surface area contributed by atoms with Crippen molar-refractivity contribution in [2.75, 3.05) is 0 Å². The van der Waals surface area contributed by atoms with Crippen molar-refractivity contribution in [3.63, 3.8) is 0 Å². The van der Waals surface area contributed by atoms with Gasteiger partial charge < -0.3 is 4.74 Å². The zero-order valence-electron chi connectivity index (χ0n) is 22.0. The summed E-state index contributed by atoms with van der Waals surface area (Å²) in [6, 6.07) is 0. The number of esters is 1. The molecule has 190 valence electrons. The molecular weight excluding hydrogens is 451 g/mol. The summed E-state index contributed by atoms with van der Waals surface area (Å²) in [5.74, 6) is 4.44. The Hall–Kier alpha value is 0.0500. The van der Waals surface area contributed by atoms with E-state index in [9.17, 15) is 4.79 Å². The van der Waals surface area contributed by atoms with Gasteiger partial charge in [-0.3, -0.25) is 4.79 Å². The molecule has 0 saturated heterocycles. The largest absolute Gasteiger partial charge is 0.462 e. The van der Waals surface area contributed by atoms with Gasteiger partial charge in [0, 0.05) is 13.3 Å². The Morgan fingerprint density at radius 3 is 2.42 bits per heavy atom. The smallest absolute Gasteiger partial charge is 0.302 e. The lowest BCUT2D eigenvalue weighted by Gasteiger charge is -2.65. The third-order valence-corrected chi connectivity index (χ3v) is 12.7. The molecule has 0 aromatic carbocycles. The lowest BCUT2D eigenvalue weighted by Crippen LogP contribution is -2.65. The van der Waals surface area contributed by atoms with Crippen molar-refractivity contribution >= 4 is 29.2 Å². The van der Waals surface area contributed by atoms with E-state index >= 15 is 0 Å². The van der Waals surface area contributed by atoms with E-state index in [4.69, 9.17) is 27.9 Å². The summed E-state index contributed by atoms with van der Waals surface area (Å²) >= 11 is 14.7. The maximum atomic E-state index is 11.6. The van der Waals surface area contributed by atoms with Crippen molar-refractivity contribution in [3.8, 4) is 0 Å². The highest BCUT2D eigenvalue weighted by atomic mass is 35.5. The topological polar surface area (TPSA) is 26.3 Å². The van der Waals surface area contributed by atoms with Crippen LogP contribution in [0, 0.1) is 46.3 Å². The van der Waals surface area contributed by atoms with Gasteiger partial charge in [0.1, 0.15) is 6.10 Å². The van der Waals surface area contributed by atoms with Crippen molar-refractivity contribution in [1.82, 2.24) is 0 Å². The normalized spacial score (nSPS) is 48.0. The number of fused-ring (bicyclic) bond motifs is 5. The zero-order valence-corrected chi connectivity index (χ0v) is 23.5. The van der Waals surface area contributed by atoms with Crippen LogP contribution in [-0.2, 0) is 9.53 Å². The third kappa shape index (κ3) is 4.41. The fourth-order valence-corrected chi connectivity index (χ4v) is 10.5. The number of hydrogen-bond acceptors (Lipinski definition) is 2. The first-order valence-electron chi connectivity index (χ1n) is 13.9. The number of hydrogen-bond donors (Lipinski definition) is 0. The van der Waals surface area contributed by atoms with Crippen LogP contribution in [0.1, 0.15) is 112 Å². The number of alkyl halides is 2. The Balaban J connectivity index is 1.51. The minimum Gasteiger partial charge on any atom is -0.462 e. The van der Waals surface area contributed by atoms with Crippen LogP contribution in [0.2, 0.25) is 0 Å². The molecular formula is C29H48Cl2O2. The van der Waals surface area contributed by atoms with Crippen molar-refractivity contribution in [1.29, 1.82) is 0 Å². The van der Waals surface area contributed by atoms with E-state index in [2.05, 4.69) is 34.6 Å². The molecule has 0 bridgehead atoms. The minimum atomic E-state index is -0.468. The monoisotopic (exact) mass is 498 g/mol. The molecule has 4 aliphatic carbocycles. The van der Waals surface area contributed by atoms with Crippen molar-refractivity contribution in [2.24, 2.45) is 46.3 Å². The predicted octanol–water partition coefficient (Wildman–Crippen LogP) is 8.62. The molecule has 2 nitrogen and oxygen atoms in total. The molecule has 4 heteroatoms. The van der Waals surface area contributed by atoms with E-state index in [-0.39, 0.29) is 22.9 Å². The van der Waals surface area contributed by atoms with Crippen LogP contribution in [0.4, 0.5) is 0 Å². The average Bonchev–Trinajstić information content (AvgIpc) is 3.07. The molecule has 4 aliphatic rings. The first-order valence-corrected chi connectivity index (χ1v) is 14.7. The lowest BCUT2D eigenvalue weighted by atomic mass is 9.44. The second-order valence-corrected chi connectivity index (χ2v) is 14.6. The van der Waals surface area contributed by atoms with E-state index < -0.39 is 4.87 Å². The maximum absolute atomic E-state index is 11.6. The van der Waals surface area contributed by atoms with Gasteiger partial charge in [-0.15, -0.1) is 23.2 Å². The van der Waals surface area contributed by atoms with Crippen molar-refractivity contribution < 1.29 is 9.53 Å². The van der Waals surface area contributed by atoms with Crippen molar-refractivity contribution in [3.05, 3.63) is 0 Å². The summed E-state index contributed by atoms with van der Waals surface area (Å²) in [6.07, 6.45) is 13.2. The number of carbonyl (C=O) groups excluding carboxylic acids is 1. The summed E-state index contributed by atoms with van der Waals surface area (Å²) in [6.45, 7) is 13.8. The molecule has 4 fully saturated rings. The Morgan fingerprint density at radius 2 is 1.76 bits per heavy atom.